The molecule has 0 aliphatic carbocycles. The molecule has 1 saturated heterocycles. The lowest BCUT2D eigenvalue weighted by Gasteiger charge is -2.26. The Kier molecular flexibility index (Phi) is 7.31. The lowest BCUT2D eigenvalue weighted by Crippen LogP contribution is -2.45. The molecule has 0 aromatic rings. The van der Waals surface area contributed by atoms with Gasteiger partial charge in [-0.05, 0) is 12.3 Å². The van der Waals surface area contributed by atoms with Crippen LogP contribution in [0.15, 0.2) is 0 Å². The Bertz CT molecular complexity index is 411. The van der Waals surface area contributed by atoms with Gasteiger partial charge in [-0.3, -0.25) is 14.8 Å². The molecule has 0 aromatic carbocycles. The van der Waals surface area contributed by atoms with E-state index in [0.717, 1.165) is 24.2 Å². The van der Waals surface area contributed by atoms with E-state index in [4.69, 9.17) is 9.94 Å². The molecule has 1 aliphatic heterocycles. The summed E-state index contributed by atoms with van der Waals surface area (Å²) in [4.78, 5) is 37.1. The number of ether oxygens (including phenoxy) is 1. The normalized spacial score (nSPS) is 19.2. The summed E-state index contributed by atoms with van der Waals surface area (Å²) in [5, 5.41) is 8.68. The van der Waals surface area contributed by atoms with Crippen molar-refractivity contribution in [3.63, 3.8) is 0 Å². The van der Waals surface area contributed by atoms with Gasteiger partial charge < -0.3 is 4.74 Å². The lowest BCUT2D eigenvalue weighted by molar-refractivity contribution is -0.139. The zero-order valence-electron chi connectivity index (χ0n) is 13.5. The largest absolute Gasteiger partial charge is 0.447 e. The van der Waals surface area contributed by atoms with Gasteiger partial charge in [0.25, 0.3) is 0 Å². The average Bonchev–Trinajstić information content (AvgIpc) is 2.87. The molecule has 3 amide bonds. The third-order valence-corrected chi connectivity index (χ3v) is 3.97. The van der Waals surface area contributed by atoms with Crippen LogP contribution in [0.25, 0.3) is 0 Å². The standard InChI is InChI=1S/C15H26N2O5/c1-4-5-6-7-11(8-13(18)16-21)14(19)17-12(10(2)3)9-22-15(17)20/h10-12,21H,4-9H2,1-3H3,(H,16,18)/t11-,12-/m1/s1. The Morgan fingerprint density at radius 3 is 2.64 bits per heavy atom. The maximum absolute atomic E-state index is 12.7. The molecule has 1 aliphatic rings. The van der Waals surface area contributed by atoms with Gasteiger partial charge in [0, 0.05) is 12.3 Å². The number of hydrogen-bond acceptors (Lipinski definition) is 5. The minimum absolute atomic E-state index is 0.0818. The Balaban J connectivity index is 2.83. The third kappa shape index (κ3) is 4.69. The van der Waals surface area contributed by atoms with Crippen molar-refractivity contribution >= 4 is 17.9 Å². The van der Waals surface area contributed by atoms with Gasteiger partial charge in [-0.2, -0.15) is 0 Å². The minimum atomic E-state index is -0.645. The van der Waals surface area contributed by atoms with Crippen molar-refractivity contribution in [1.82, 2.24) is 10.4 Å². The van der Waals surface area contributed by atoms with Crippen LogP contribution < -0.4 is 5.48 Å². The fourth-order valence-corrected chi connectivity index (χ4v) is 2.60. The van der Waals surface area contributed by atoms with Gasteiger partial charge in [0.05, 0.1) is 6.04 Å². The van der Waals surface area contributed by atoms with Crippen molar-refractivity contribution in [2.75, 3.05) is 6.61 Å². The summed E-state index contributed by atoms with van der Waals surface area (Å²) in [7, 11) is 0. The summed E-state index contributed by atoms with van der Waals surface area (Å²) in [6, 6.07) is -0.300. The summed E-state index contributed by atoms with van der Waals surface area (Å²) in [5.74, 6) is -1.55. The molecule has 2 atom stereocenters. The molecule has 0 spiro atoms. The molecule has 1 fully saturated rings. The first kappa shape index (κ1) is 18.4. The molecule has 1 heterocycles. The van der Waals surface area contributed by atoms with Gasteiger partial charge in [0.1, 0.15) is 6.61 Å². The maximum Gasteiger partial charge on any atom is 0.416 e. The summed E-state index contributed by atoms with van der Waals surface area (Å²) >= 11 is 0. The number of hydroxylamine groups is 1. The third-order valence-electron chi connectivity index (χ3n) is 3.97. The van der Waals surface area contributed by atoms with Gasteiger partial charge in [-0.15, -0.1) is 0 Å². The number of unbranched alkanes of at least 4 members (excludes halogenated alkanes) is 2. The molecule has 7 nitrogen and oxygen atoms in total. The highest BCUT2D eigenvalue weighted by Gasteiger charge is 2.42. The number of nitrogens with zero attached hydrogens (tertiary/aromatic N) is 1. The zero-order chi connectivity index (χ0) is 16.7. The van der Waals surface area contributed by atoms with E-state index in [1.54, 1.807) is 5.48 Å². The summed E-state index contributed by atoms with van der Waals surface area (Å²) in [5.41, 5.74) is 1.55. The smallest absolute Gasteiger partial charge is 0.416 e. The monoisotopic (exact) mass is 314 g/mol. The molecule has 0 radical (unpaired) electrons. The Hall–Kier alpha value is -1.63. The van der Waals surface area contributed by atoms with E-state index in [-0.39, 0.29) is 30.9 Å². The number of hydrogen-bond donors (Lipinski definition) is 2. The topological polar surface area (TPSA) is 95.9 Å². The zero-order valence-corrected chi connectivity index (χ0v) is 13.5. The fraction of sp³-hybridized carbons (Fsp3) is 0.800. The summed E-state index contributed by atoms with van der Waals surface area (Å²) < 4.78 is 4.98. The van der Waals surface area contributed by atoms with Gasteiger partial charge in [-0.1, -0.05) is 40.0 Å². The molecule has 126 valence electrons. The second kappa shape index (κ2) is 8.73. The van der Waals surface area contributed by atoms with Gasteiger partial charge >= 0.3 is 6.09 Å². The molecule has 7 heteroatoms. The molecule has 0 bridgehead atoms. The van der Waals surface area contributed by atoms with Crippen LogP contribution in [-0.2, 0) is 14.3 Å². The van der Waals surface area contributed by atoms with Crippen LogP contribution in [0.5, 0.6) is 0 Å². The molecule has 0 saturated carbocycles. The van der Waals surface area contributed by atoms with Crippen molar-refractivity contribution in [2.45, 2.75) is 58.9 Å². The Morgan fingerprint density at radius 1 is 1.41 bits per heavy atom. The van der Waals surface area contributed by atoms with Crippen LogP contribution in [0.1, 0.15) is 52.9 Å². The predicted octanol–water partition coefficient (Wildman–Crippen LogP) is 2.08. The SMILES string of the molecule is CCCCC[C@H](CC(=O)NO)C(=O)N1C(=O)OC[C@@H]1C(C)C. The first-order valence-electron chi connectivity index (χ1n) is 7.85. The lowest BCUT2D eigenvalue weighted by atomic mass is 9.94. The van der Waals surface area contributed by atoms with E-state index in [2.05, 4.69) is 0 Å². The number of carbonyl (C=O) groups excluding carboxylic acids is 3. The highest BCUT2D eigenvalue weighted by Crippen LogP contribution is 2.25. The van der Waals surface area contributed by atoms with E-state index < -0.39 is 17.9 Å². The highest BCUT2D eigenvalue weighted by atomic mass is 16.6. The van der Waals surface area contributed by atoms with Crippen molar-refractivity contribution in [3.05, 3.63) is 0 Å². The number of nitrogens with one attached hydrogen (secondary N) is 1. The molecule has 0 unspecified atom stereocenters. The highest BCUT2D eigenvalue weighted by molar-refractivity contribution is 5.96. The van der Waals surface area contributed by atoms with Crippen LogP contribution in [-0.4, -0.2) is 40.7 Å². The van der Waals surface area contributed by atoms with Crippen molar-refractivity contribution in [1.29, 1.82) is 0 Å². The van der Waals surface area contributed by atoms with Crippen LogP contribution in [0.3, 0.4) is 0 Å². The second-order valence-electron chi connectivity index (χ2n) is 6.03. The van der Waals surface area contributed by atoms with Crippen LogP contribution in [0.2, 0.25) is 0 Å². The van der Waals surface area contributed by atoms with Crippen LogP contribution in [0, 0.1) is 11.8 Å². The molecule has 0 aromatic heterocycles. The first-order chi connectivity index (χ1) is 10.4. The number of amides is 3. The number of rotatable bonds is 8. The molecular formula is C15H26N2O5. The molecule has 22 heavy (non-hydrogen) atoms. The quantitative estimate of drug-likeness (QED) is 0.406. The molecule has 2 N–H and O–H groups in total. The van der Waals surface area contributed by atoms with Gasteiger partial charge in [0.2, 0.25) is 11.8 Å². The van der Waals surface area contributed by atoms with Crippen LogP contribution >= 0.6 is 0 Å². The van der Waals surface area contributed by atoms with Crippen LogP contribution in [0.4, 0.5) is 4.79 Å². The Labute approximate surface area is 130 Å². The summed E-state index contributed by atoms with van der Waals surface area (Å²) in [6.45, 7) is 6.07. The van der Waals surface area contributed by atoms with Crippen molar-refractivity contribution < 1.29 is 24.3 Å². The first-order valence-corrected chi connectivity index (χ1v) is 7.85. The minimum Gasteiger partial charge on any atom is -0.447 e. The van der Waals surface area contributed by atoms with E-state index in [0.29, 0.717) is 6.42 Å². The second-order valence-corrected chi connectivity index (χ2v) is 6.03. The van der Waals surface area contributed by atoms with E-state index in [9.17, 15) is 14.4 Å². The van der Waals surface area contributed by atoms with Crippen molar-refractivity contribution in [2.24, 2.45) is 11.8 Å². The van der Waals surface area contributed by atoms with E-state index in [1.165, 1.54) is 0 Å². The maximum atomic E-state index is 12.7. The number of imide groups is 1. The average molecular weight is 314 g/mol. The van der Waals surface area contributed by atoms with E-state index >= 15 is 0 Å². The van der Waals surface area contributed by atoms with Crippen molar-refractivity contribution in [3.8, 4) is 0 Å². The molecular weight excluding hydrogens is 288 g/mol. The number of cyclic esters (lactones) is 1. The van der Waals surface area contributed by atoms with Gasteiger partial charge in [-0.25, -0.2) is 15.2 Å². The van der Waals surface area contributed by atoms with E-state index in [1.807, 2.05) is 20.8 Å². The number of carbonyl (C=O) groups is 3. The Morgan fingerprint density at radius 2 is 2.09 bits per heavy atom. The molecule has 1 rings (SSSR count). The van der Waals surface area contributed by atoms with Gasteiger partial charge in [0.15, 0.2) is 0 Å². The summed E-state index contributed by atoms with van der Waals surface area (Å²) in [6.07, 6.45) is 2.47. The fourth-order valence-electron chi connectivity index (χ4n) is 2.60. The predicted molar refractivity (Wildman–Crippen MR) is 79.0 cm³/mol.